The third-order valence-electron chi connectivity index (χ3n) is 4.93. The summed E-state index contributed by atoms with van der Waals surface area (Å²) in [5.41, 5.74) is 2.07. The number of hydrogen-bond acceptors (Lipinski definition) is 5. The zero-order valence-corrected chi connectivity index (χ0v) is 16.3. The van der Waals surface area contributed by atoms with E-state index in [0.717, 1.165) is 5.69 Å². The monoisotopic (exact) mass is 370 g/mol. The molecule has 2 amide bonds. The number of aryl methyl sites for hydroxylation is 1. The van der Waals surface area contributed by atoms with Crippen LogP contribution in [0.4, 0.5) is 5.69 Å². The molecule has 1 fully saturated rings. The predicted octanol–water partition coefficient (Wildman–Crippen LogP) is 2.90. The molecule has 1 atom stereocenters. The molecule has 7 nitrogen and oxygen atoms in total. The molecule has 0 unspecified atom stereocenters. The van der Waals surface area contributed by atoms with Crippen LogP contribution < -0.4 is 4.90 Å². The van der Waals surface area contributed by atoms with E-state index in [1.165, 1.54) is 5.56 Å². The topological polar surface area (TPSA) is 79.5 Å². The molecule has 2 heterocycles. The largest absolute Gasteiger partial charge is 0.337 e. The molecule has 1 aromatic heterocycles. The fraction of sp³-hybridized carbons (Fsp3) is 0.500. The second kappa shape index (κ2) is 7.90. The van der Waals surface area contributed by atoms with E-state index >= 15 is 0 Å². The van der Waals surface area contributed by atoms with Crippen molar-refractivity contribution < 1.29 is 14.1 Å². The molecule has 7 heteroatoms. The summed E-state index contributed by atoms with van der Waals surface area (Å²) in [5, 5.41) is 3.76. The molecule has 0 radical (unpaired) electrons. The lowest BCUT2D eigenvalue weighted by atomic mass is 10.0. The van der Waals surface area contributed by atoms with Gasteiger partial charge in [0.2, 0.25) is 17.7 Å². The SMILES string of the molecule is CCN(Cc1nc(C)no1)C(=O)[C@@H]1CC(=O)N(c2ccc(C(C)C)cc2)C1. The van der Waals surface area contributed by atoms with Gasteiger partial charge in [-0.3, -0.25) is 9.59 Å². The van der Waals surface area contributed by atoms with Gasteiger partial charge in [0.15, 0.2) is 5.82 Å². The van der Waals surface area contributed by atoms with Gasteiger partial charge in [-0.2, -0.15) is 4.98 Å². The average molecular weight is 370 g/mol. The van der Waals surface area contributed by atoms with Crippen molar-refractivity contribution in [1.29, 1.82) is 0 Å². The minimum atomic E-state index is -0.355. The highest BCUT2D eigenvalue weighted by atomic mass is 16.5. The maximum absolute atomic E-state index is 12.9. The van der Waals surface area contributed by atoms with Gasteiger partial charge in [-0.1, -0.05) is 31.1 Å². The van der Waals surface area contributed by atoms with Crippen molar-refractivity contribution in [3.05, 3.63) is 41.5 Å². The second-order valence-electron chi connectivity index (χ2n) is 7.24. The molecule has 2 aromatic rings. The Labute approximate surface area is 159 Å². The fourth-order valence-electron chi connectivity index (χ4n) is 3.33. The highest BCUT2D eigenvalue weighted by Gasteiger charge is 2.37. The maximum atomic E-state index is 12.9. The van der Waals surface area contributed by atoms with Gasteiger partial charge in [0.05, 0.1) is 12.5 Å². The molecule has 0 bridgehead atoms. The van der Waals surface area contributed by atoms with Gasteiger partial charge in [-0.15, -0.1) is 0 Å². The third-order valence-corrected chi connectivity index (χ3v) is 4.93. The lowest BCUT2D eigenvalue weighted by Gasteiger charge is -2.23. The number of carbonyl (C=O) groups is 2. The number of nitrogens with zero attached hydrogens (tertiary/aromatic N) is 4. The van der Waals surface area contributed by atoms with Crippen molar-refractivity contribution in [2.75, 3.05) is 18.0 Å². The number of anilines is 1. The number of amides is 2. The van der Waals surface area contributed by atoms with Crippen LogP contribution in [-0.4, -0.2) is 39.9 Å². The summed E-state index contributed by atoms with van der Waals surface area (Å²) in [6, 6.07) is 8.00. The highest BCUT2D eigenvalue weighted by Crippen LogP contribution is 2.28. The average Bonchev–Trinajstić information content (AvgIpc) is 3.24. The van der Waals surface area contributed by atoms with Crippen LogP contribution in [0.1, 0.15) is 50.4 Å². The number of carbonyl (C=O) groups excluding carboxylic acids is 2. The van der Waals surface area contributed by atoms with Gasteiger partial charge in [0.1, 0.15) is 0 Å². The maximum Gasteiger partial charge on any atom is 0.246 e. The van der Waals surface area contributed by atoms with Crippen molar-refractivity contribution in [3.63, 3.8) is 0 Å². The van der Waals surface area contributed by atoms with Crippen LogP contribution in [0.15, 0.2) is 28.8 Å². The van der Waals surface area contributed by atoms with Gasteiger partial charge >= 0.3 is 0 Å². The summed E-state index contributed by atoms with van der Waals surface area (Å²) in [6.45, 7) is 9.10. The first-order valence-corrected chi connectivity index (χ1v) is 9.37. The van der Waals surface area contributed by atoms with Crippen LogP contribution in [0, 0.1) is 12.8 Å². The summed E-state index contributed by atoms with van der Waals surface area (Å²) >= 11 is 0. The molecular weight excluding hydrogens is 344 g/mol. The van der Waals surface area contributed by atoms with E-state index < -0.39 is 0 Å². The summed E-state index contributed by atoms with van der Waals surface area (Å²) in [6.07, 6.45) is 0.226. The summed E-state index contributed by atoms with van der Waals surface area (Å²) in [4.78, 5) is 32.9. The molecule has 1 aliphatic heterocycles. The van der Waals surface area contributed by atoms with Gasteiger partial charge in [0.25, 0.3) is 0 Å². The van der Waals surface area contributed by atoms with Crippen molar-refractivity contribution in [3.8, 4) is 0 Å². The van der Waals surface area contributed by atoms with E-state index in [4.69, 9.17) is 4.52 Å². The Morgan fingerprint density at radius 3 is 2.59 bits per heavy atom. The normalized spacial score (nSPS) is 17.0. The van der Waals surface area contributed by atoms with Gasteiger partial charge in [0, 0.05) is 25.2 Å². The standard InChI is InChI=1S/C20H26N4O3/c1-5-23(12-18-21-14(4)22-27-18)20(26)16-10-19(25)24(11-16)17-8-6-15(7-9-17)13(2)3/h6-9,13,16H,5,10-12H2,1-4H3/t16-/m1/s1. The molecule has 27 heavy (non-hydrogen) atoms. The summed E-state index contributed by atoms with van der Waals surface area (Å²) < 4.78 is 5.12. The quantitative estimate of drug-likeness (QED) is 0.781. The van der Waals surface area contributed by atoms with E-state index in [1.807, 2.05) is 31.2 Å². The van der Waals surface area contributed by atoms with E-state index in [9.17, 15) is 9.59 Å². The Hall–Kier alpha value is -2.70. The van der Waals surface area contributed by atoms with Gasteiger partial charge in [-0.05, 0) is 37.5 Å². The number of aromatic nitrogens is 2. The molecule has 0 aliphatic carbocycles. The first-order chi connectivity index (χ1) is 12.9. The highest BCUT2D eigenvalue weighted by molar-refractivity contribution is 6.00. The molecule has 0 saturated carbocycles. The van der Waals surface area contributed by atoms with Crippen LogP contribution in [0.5, 0.6) is 0 Å². The number of hydrogen-bond donors (Lipinski definition) is 0. The lowest BCUT2D eigenvalue weighted by Crippen LogP contribution is -2.37. The van der Waals surface area contributed by atoms with Crippen molar-refractivity contribution >= 4 is 17.5 Å². The second-order valence-corrected chi connectivity index (χ2v) is 7.24. The Morgan fingerprint density at radius 1 is 1.33 bits per heavy atom. The fourth-order valence-corrected chi connectivity index (χ4v) is 3.33. The third kappa shape index (κ3) is 4.18. The van der Waals surface area contributed by atoms with Crippen LogP contribution in [0.25, 0.3) is 0 Å². The van der Waals surface area contributed by atoms with E-state index in [-0.39, 0.29) is 30.7 Å². The van der Waals surface area contributed by atoms with Gasteiger partial charge < -0.3 is 14.3 Å². The Balaban J connectivity index is 1.68. The van der Waals surface area contributed by atoms with Gasteiger partial charge in [-0.25, -0.2) is 0 Å². The first-order valence-electron chi connectivity index (χ1n) is 9.37. The Bertz CT molecular complexity index is 813. The predicted molar refractivity (Wildman–Crippen MR) is 101 cm³/mol. The van der Waals surface area contributed by atoms with E-state index in [2.05, 4.69) is 24.0 Å². The Kier molecular flexibility index (Phi) is 5.58. The molecule has 1 saturated heterocycles. The molecule has 0 N–H and O–H groups in total. The molecule has 1 aromatic carbocycles. The molecular formula is C20H26N4O3. The number of benzene rings is 1. The van der Waals surface area contributed by atoms with E-state index in [0.29, 0.717) is 30.7 Å². The van der Waals surface area contributed by atoms with Crippen LogP contribution >= 0.6 is 0 Å². The van der Waals surface area contributed by atoms with Crippen LogP contribution in [0.3, 0.4) is 0 Å². The molecule has 1 aliphatic rings. The Morgan fingerprint density at radius 2 is 2.04 bits per heavy atom. The summed E-state index contributed by atoms with van der Waals surface area (Å²) in [5.74, 6) is 0.965. The first kappa shape index (κ1) is 19.1. The van der Waals surface area contributed by atoms with Crippen molar-refractivity contribution in [2.24, 2.45) is 5.92 Å². The van der Waals surface area contributed by atoms with Crippen molar-refractivity contribution in [2.45, 2.75) is 46.6 Å². The minimum Gasteiger partial charge on any atom is -0.337 e. The molecule has 0 spiro atoms. The van der Waals surface area contributed by atoms with Crippen molar-refractivity contribution in [1.82, 2.24) is 15.0 Å². The number of rotatable bonds is 6. The van der Waals surface area contributed by atoms with Crippen LogP contribution in [0.2, 0.25) is 0 Å². The minimum absolute atomic E-state index is 0.0182. The zero-order valence-electron chi connectivity index (χ0n) is 16.3. The smallest absolute Gasteiger partial charge is 0.246 e. The van der Waals surface area contributed by atoms with Crippen LogP contribution in [-0.2, 0) is 16.1 Å². The molecule has 144 valence electrons. The molecule has 3 rings (SSSR count). The zero-order chi connectivity index (χ0) is 19.6. The van der Waals surface area contributed by atoms with E-state index in [1.54, 1.807) is 16.7 Å². The summed E-state index contributed by atoms with van der Waals surface area (Å²) in [7, 11) is 0. The lowest BCUT2D eigenvalue weighted by molar-refractivity contribution is -0.136.